The number of amides is 1. The molecule has 0 saturated carbocycles. The first-order valence-electron chi connectivity index (χ1n) is 9.49. The Kier molecular flexibility index (Phi) is 11.9. The minimum Gasteiger partial charge on any atom is -0.450 e. The second-order valence-electron chi connectivity index (χ2n) is 6.22. The van der Waals surface area contributed by atoms with Gasteiger partial charge in [0.25, 0.3) is 0 Å². The largest absolute Gasteiger partial charge is 0.450 e. The van der Waals surface area contributed by atoms with Crippen molar-refractivity contribution < 1.29 is 14.3 Å². The summed E-state index contributed by atoms with van der Waals surface area (Å²) >= 11 is 0. The summed E-state index contributed by atoms with van der Waals surface area (Å²) in [5, 5.41) is 3.37. The maximum atomic E-state index is 11.8. The number of ether oxygens (including phenoxy) is 2. The predicted molar refractivity (Wildman–Crippen MR) is 113 cm³/mol. The maximum absolute atomic E-state index is 11.8. The van der Waals surface area contributed by atoms with E-state index in [-0.39, 0.29) is 30.1 Å². The third-order valence-electron chi connectivity index (χ3n) is 4.44. The fourth-order valence-corrected chi connectivity index (χ4v) is 3.05. The number of hydrogen-bond donors (Lipinski definition) is 1. The van der Waals surface area contributed by atoms with Crippen LogP contribution in [0.5, 0.6) is 0 Å². The zero-order valence-corrected chi connectivity index (χ0v) is 18.4. The summed E-state index contributed by atoms with van der Waals surface area (Å²) in [6, 6.07) is 0. The summed E-state index contributed by atoms with van der Waals surface area (Å²) < 4.78 is 10.4. The van der Waals surface area contributed by atoms with Gasteiger partial charge in [-0.1, -0.05) is 0 Å². The van der Waals surface area contributed by atoms with E-state index in [1.165, 1.54) is 0 Å². The van der Waals surface area contributed by atoms with Crippen LogP contribution >= 0.6 is 24.0 Å². The van der Waals surface area contributed by atoms with Crippen molar-refractivity contribution >= 4 is 36.0 Å². The summed E-state index contributed by atoms with van der Waals surface area (Å²) in [5.74, 6) is 0.952. The first-order valence-corrected chi connectivity index (χ1v) is 9.49. The molecule has 26 heavy (non-hydrogen) atoms. The number of rotatable bonds is 6. The Hall–Kier alpha value is -0.810. The SMILES string of the molecule is CCNC(=NCCCN1CCOCC1)N1CCN(C(=O)OCC)CC1.I. The lowest BCUT2D eigenvalue weighted by Crippen LogP contribution is -2.54. The monoisotopic (exact) mass is 483 g/mol. The van der Waals surface area contributed by atoms with Crippen LogP contribution in [0.4, 0.5) is 4.79 Å². The van der Waals surface area contributed by atoms with Crippen LogP contribution in [0, 0.1) is 0 Å². The molecule has 1 N–H and O–H groups in total. The van der Waals surface area contributed by atoms with Crippen LogP contribution < -0.4 is 5.32 Å². The molecule has 8 nitrogen and oxygen atoms in total. The standard InChI is InChI=1S/C17H33N5O3.HI/c1-3-18-16(19-6-5-7-20-12-14-24-15-13-20)21-8-10-22(11-9-21)17(23)25-4-2;/h3-15H2,1-2H3,(H,18,19);1H. The third-order valence-corrected chi connectivity index (χ3v) is 4.44. The van der Waals surface area contributed by atoms with E-state index in [2.05, 4.69) is 22.0 Å². The van der Waals surface area contributed by atoms with E-state index in [9.17, 15) is 4.79 Å². The van der Waals surface area contributed by atoms with Crippen LogP contribution in [0.3, 0.4) is 0 Å². The Morgan fingerprint density at radius 3 is 2.35 bits per heavy atom. The summed E-state index contributed by atoms with van der Waals surface area (Å²) in [5.41, 5.74) is 0. The number of piperazine rings is 1. The molecule has 0 unspecified atom stereocenters. The second-order valence-corrected chi connectivity index (χ2v) is 6.22. The van der Waals surface area contributed by atoms with Crippen LogP contribution in [-0.2, 0) is 9.47 Å². The van der Waals surface area contributed by atoms with Crippen LogP contribution in [0.1, 0.15) is 20.3 Å². The van der Waals surface area contributed by atoms with Gasteiger partial charge in [0.2, 0.25) is 0 Å². The van der Waals surface area contributed by atoms with Crippen molar-refractivity contribution in [3.8, 4) is 0 Å². The first-order chi connectivity index (χ1) is 12.2. The first kappa shape index (κ1) is 23.2. The van der Waals surface area contributed by atoms with Crippen molar-refractivity contribution in [3.63, 3.8) is 0 Å². The molecule has 0 spiro atoms. The highest BCUT2D eigenvalue weighted by Crippen LogP contribution is 2.05. The molecule has 0 radical (unpaired) electrons. The minimum atomic E-state index is -0.213. The maximum Gasteiger partial charge on any atom is 0.409 e. The molecule has 0 aromatic rings. The molecule has 2 aliphatic heterocycles. The van der Waals surface area contributed by atoms with Gasteiger partial charge in [-0.15, -0.1) is 24.0 Å². The van der Waals surface area contributed by atoms with Gasteiger partial charge in [0.05, 0.1) is 19.8 Å². The lowest BCUT2D eigenvalue weighted by Gasteiger charge is -2.36. The summed E-state index contributed by atoms with van der Waals surface area (Å²) in [7, 11) is 0. The molecule has 2 heterocycles. The van der Waals surface area contributed by atoms with Crippen molar-refractivity contribution in [2.45, 2.75) is 20.3 Å². The van der Waals surface area contributed by atoms with Crippen molar-refractivity contribution in [1.29, 1.82) is 0 Å². The summed E-state index contributed by atoms with van der Waals surface area (Å²) in [4.78, 5) is 23.0. The van der Waals surface area contributed by atoms with Gasteiger partial charge in [0.15, 0.2) is 5.96 Å². The highest BCUT2D eigenvalue weighted by molar-refractivity contribution is 14.0. The van der Waals surface area contributed by atoms with Crippen molar-refractivity contribution in [1.82, 2.24) is 20.0 Å². The average molecular weight is 483 g/mol. The van der Waals surface area contributed by atoms with Gasteiger partial charge in [-0.05, 0) is 20.3 Å². The second kappa shape index (κ2) is 13.4. The highest BCUT2D eigenvalue weighted by Gasteiger charge is 2.23. The zero-order valence-electron chi connectivity index (χ0n) is 16.1. The molecule has 0 bridgehead atoms. The van der Waals surface area contributed by atoms with Crippen LogP contribution in [0.25, 0.3) is 0 Å². The van der Waals surface area contributed by atoms with E-state index >= 15 is 0 Å². The molecule has 0 atom stereocenters. The van der Waals surface area contributed by atoms with E-state index in [4.69, 9.17) is 14.5 Å². The van der Waals surface area contributed by atoms with E-state index in [1.54, 1.807) is 4.90 Å². The van der Waals surface area contributed by atoms with Gasteiger partial charge in [-0.2, -0.15) is 0 Å². The molecule has 0 aliphatic carbocycles. The Morgan fingerprint density at radius 2 is 1.73 bits per heavy atom. The fourth-order valence-electron chi connectivity index (χ4n) is 3.05. The molecule has 2 fully saturated rings. The number of guanidine groups is 1. The van der Waals surface area contributed by atoms with Gasteiger partial charge in [0.1, 0.15) is 0 Å². The minimum absolute atomic E-state index is 0. The quantitative estimate of drug-likeness (QED) is 0.264. The molecule has 0 aromatic carbocycles. The molecule has 9 heteroatoms. The zero-order chi connectivity index (χ0) is 17.9. The molecular weight excluding hydrogens is 449 g/mol. The van der Waals surface area contributed by atoms with E-state index in [0.717, 1.165) is 71.4 Å². The smallest absolute Gasteiger partial charge is 0.409 e. The van der Waals surface area contributed by atoms with E-state index in [0.29, 0.717) is 19.7 Å². The number of nitrogens with one attached hydrogen (secondary N) is 1. The molecule has 152 valence electrons. The predicted octanol–water partition coefficient (Wildman–Crippen LogP) is 1.07. The molecular formula is C17H34IN5O3. The highest BCUT2D eigenvalue weighted by atomic mass is 127. The van der Waals surface area contributed by atoms with Crippen LogP contribution in [0.15, 0.2) is 4.99 Å². The number of morpholine rings is 1. The molecule has 0 aromatic heterocycles. The number of aliphatic imine (C=N–C) groups is 1. The van der Waals surface area contributed by atoms with Gasteiger partial charge >= 0.3 is 6.09 Å². The molecule has 1 amide bonds. The topological polar surface area (TPSA) is 69.6 Å². The lowest BCUT2D eigenvalue weighted by atomic mass is 10.3. The molecule has 2 saturated heterocycles. The van der Waals surface area contributed by atoms with Crippen LogP contribution in [-0.4, -0.2) is 105 Å². The third kappa shape index (κ3) is 7.83. The number of carbonyl (C=O) groups is 1. The Morgan fingerprint density at radius 1 is 1.08 bits per heavy atom. The van der Waals surface area contributed by atoms with E-state index in [1.807, 2.05) is 6.92 Å². The summed E-state index contributed by atoms with van der Waals surface area (Å²) in [6.07, 6.45) is 0.840. The summed E-state index contributed by atoms with van der Waals surface area (Å²) in [6.45, 7) is 13.7. The normalized spacial score (nSPS) is 19.1. The number of hydrogen-bond acceptors (Lipinski definition) is 5. The Balaban J connectivity index is 0.00000338. The number of nitrogens with zero attached hydrogens (tertiary/aromatic N) is 4. The van der Waals surface area contributed by atoms with Crippen molar-refractivity contribution in [2.75, 3.05) is 78.7 Å². The van der Waals surface area contributed by atoms with Crippen molar-refractivity contribution in [2.24, 2.45) is 4.99 Å². The Bertz CT molecular complexity index is 425. The van der Waals surface area contributed by atoms with Gasteiger partial charge in [-0.25, -0.2) is 4.79 Å². The Labute approximate surface area is 174 Å². The lowest BCUT2D eigenvalue weighted by molar-refractivity contribution is 0.0377. The van der Waals surface area contributed by atoms with Gasteiger partial charge in [-0.3, -0.25) is 9.89 Å². The van der Waals surface area contributed by atoms with Crippen LogP contribution in [0.2, 0.25) is 0 Å². The van der Waals surface area contributed by atoms with Gasteiger partial charge < -0.3 is 24.6 Å². The van der Waals surface area contributed by atoms with E-state index < -0.39 is 0 Å². The van der Waals surface area contributed by atoms with Gasteiger partial charge in [0, 0.05) is 58.9 Å². The molecule has 2 aliphatic rings. The number of carbonyl (C=O) groups excluding carboxylic acids is 1. The average Bonchev–Trinajstić information content (AvgIpc) is 2.65. The number of halogens is 1. The fraction of sp³-hybridized carbons (Fsp3) is 0.882. The molecule has 2 rings (SSSR count). The van der Waals surface area contributed by atoms with Crippen molar-refractivity contribution in [3.05, 3.63) is 0 Å².